The summed E-state index contributed by atoms with van der Waals surface area (Å²) in [6, 6.07) is 12.0. The van der Waals surface area contributed by atoms with Crippen molar-refractivity contribution in [3.05, 3.63) is 59.2 Å². The number of carbonyl (C=O) groups excluding carboxylic acids is 2. The van der Waals surface area contributed by atoms with Crippen LogP contribution in [0.4, 0.5) is 5.69 Å². The van der Waals surface area contributed by atoms with E-state index in [0.717, 1.165) is 31.2 Å². The number of rotatable bonds is 6. The molecule has 1 saturated carbocycles. The van der Waals surface area contributed by atoms with Crippen LogP contribution in [0.5, 0.6) is 0 Å². The molecule has 1 heterocycles. The first kappa shape index (κ1) is 22.3. The van der Waals surface area contributed by atoms with Crippen LogP contribution in [-0.2, 0) is 14.8 Å². The molecule has 0 bridgehead atoms. The second kappa shape index (κ2) is 8.94. The van der Waals surface area contributed by atoms with Crippen molar-refractivity contribution in [2.45, 2.75) is 50.5 Å². The Hall–Kier alpha value is -2.87. The average molecular weight is 456 g/mol. The lowest BCUT2D eigenvalue weighted by atomic mass is 9.96. The Morgan fingerprint density at radius 1 is 1.03 bits per heavy atom. The minimum absolute atomic E-state index is 0.0278. The first-order chi connectivity index (χ1) is 15.2. The van der Waals surface area contributed by atoms with Gasteiger partial charge in [0, 0.05) is 30.4 Å². The fraction of sp³-hybridized carbons (Fsp3) is 0.417. The van der Waals surface area contributed by atoms with E-state index < -0.39 is 10.0 Å². The Balaban J connectivity index is 1.47. The van der Waals surface area contributed by atoms with Crippen LogP contribution in [0.2, 0.25) is 0 Å². The van der Waals surface area contributed by atoms with E-state index in [1.54, 1.807) is 48.2 Å². The van der Waals surface area contributed by atoms with Crippen molar-refractivity contribution in [2.75, 3.05) is 17.8 Å². The largest absolute Gasteiger partial charge is 0.353 e. The number of anilines is 1. The highest BCUT2D eigenvalue weighted by Crippen LogP contribution is 2.25. The van der Waals surface area contributed by atoms with Gasteiger partial charge < -0.3 is 10.2 Å². The fourth-order valence-electron chi connectivity index (χ4n) is 4.13. The Morgan fingerprint density at radius 3 is 2.53 bits per heavy atom. The molecule has 1 atom stereocenters. The molecule has 2 aromatic rings. The van der Waals surface area contributed by atoms with Gasteiger partial charge in [-0.25, -0.2) is 8.42 Å². The smallest absolute Gasteiger partial charge is 0.262 e. The minimum atomic E-state index is -3.78. The summed E-state index contributed by atoms with van der Waals surface area (Å²) in [7, 11) is -3.78. The molecule has 1 aliphatic carbocycles. The maximum Gasteiger partial charge on any atom is 0.262 e. The van der Waals surface area contributed by atoms with Crippen molar-refractivity contribution in [3.63, 3.8) is 0 Å². The molecule has 32 heavy (non-hydrogen) atoms. The van der Waals surface area contributed by atoms with E-state index in [1.807, 2.05) is 13.0 Å². The van der Waals surface area contributed by atoms with E-state index in [4.69, 9.17) is 0 Å². The van der Waals surface area contributed by atoms with Crippen molar-refractivity contribution in [3.8, 4) is 0 Å². The Labute approximate surface area is 189 Å². The molecule has 4 rings (SSSR count). The lowest BCUT2D eigenvalue weighted by Gasteiger charge is -2.32. The van der Waals surface area contributed by atoms with E-state index in [0.29, 0.717) is 35.9 Å². The summed E-state index contributed by atoms with van der Waals surface area (Å²) in [6.07, 6.45) is 3.61. The van der Waals surface area contributed by atoms with Gasteiger partial charge in [0.1, 0.15) is 0 Å². The van der Waals surface area contributed by atoms with Crippen molar-refractivity contribution in [2.24, 2.45) is 5.92 Å². The quantitative estimate of drug-likeness (QED) is 0.699. The zero-order chi connectivity index (χ0) is 22.9. The van der Waals surface area contributed by atoms with Crippen LogP contribution in [0.15, 0.2) is 47.4 Å². The summed E-state index contributed by atoms with van der Waals surface area (Å²) >= 11 is 0. The van der Waals surface area contributed by atoms with E-state index in [9.17, 15) is 18.0 Å². The van der Waals surface area contributed by atoms with Crippen LogP contribution < -0.4 is 10.0 Å². The second-order valence-corrected chi connectivity index (χ2v) is 10.5. The lowest BCUT2D eigenvalue weighted by Crippen LogP contribution is -2.45. The SMILES string of the molecule is Cc1ccc(S(=O)(=O)Nc2cccc(C(=O)N3CCCC(C(=O)NC4CC4)C3)c2)c(C)c1. The molecule has 7 nitrogen and oxygen atoms in total. The summed E-state index contributed by atoms with van der Waals surface area (Å²) in [5, 5.41) is 3.03. The number of amides is 2. The molecule has 1 aliphatic heterocycles. The highest BCUT2D eigenvalue weighted by molar-refractivity contribution is 7.92. The number of benzene rings is 2. The lowest BCUT2D eigenvalue weighted by molar-refractivity contribution is -0.126. The summed E-state index contributed by atoms with van der Waals surface area (Å²) in [5.41, 5.74) is 2.37. The third kappa shape index (κ3) is 5.12. The zero-order valence-corrected chi connectivity index (χ0v) is 19.2. The summed E-state index contributed by atoms with van der Waals surface area (Å²) in [5.74, 6) is -0.360. The third-order valence-electron chi connectivity index (χ3n) is 5.98. The van der Waals surface area contributed by atoms with E-state index in [2.05, 4.69) is 10.0 Å². The molecule has 2 amide bonds. The van der Waals surface area contributed by atoms with Crippen LogP contribution in [0.25, 0.3) is 0 Å². The van der Waals surface area contributed by atoms with Crippen LogP contribution in [0.1, 0.15) is 47.2 Å². The van der Waals surface area contributed by atoms with Crippen molar-refractivity contribution < 1.29 is 18.0 Å². The Bertz CT molecular complexity index is 1140. The predicted molar refractivity (Wildman–Crippen MR) is 123 cm³/mol. The standard InChI is InChI=1S/C24H29N3O4S/c1-16-8-11-22(17(2)13-16)32(30,31)26-21-7-3-5-18(14-21)24(29)27-12-4-6-19(15-27)23(28)25-20-9-10-20/h3,5,7-8,11,13-14,19-20,26H,4,6,9-10,12,15H2,1-2H3,(H,25,28). The monoisotopic (exact) mass is 455 g/mol. The Morgan fingerprint density at radius 2 is 1.81 bits per heavy atom. The van der Waals surface area contributed by atoms with E-state index >= 15 is 0 Å². The van der Waals surface area contributed by atoms with Crippen LogP contribution in [-0.4, -0.2) is 44.3 Å². The van der Waals surface area contributed by atoms with Crippen molar-refractivity contribution in [1.29, 1.82) is 0 Å². The number of nitrogens with zero attached hydrogens (tertiary/aromatic N) is 1. The van der Waals surface area contributed by atoms with Crippen LogP contribution >= 0.6 is 0 Å². The van der Waals surface area contributed by atoms with Gasteiger partial charge in [-0.3, -0.25) is 14.3 Å². The normalized spacial score (nSPS) is 18.8. The fourth-order valence-corrected chi connectivity index (χ4v) is 5.41. The molecule has 2 aliphatic rings. The number of piperidine rings is 1. The number of hydrogen-bond donors (Lipinski definition) is 2. The molecular formula is C24H29N3O4S. The molecule has 170 valence electrons. The van der Waals surface area contributed by atoms with Gasteiger partial charge in [0.15, 0.2) is 0 Å². The van der Waals surface area contributed by atoms with Gasteiger partial charge in [0.25, 0.3) is 15.9 Å². The van der Waals surface area contributed by atoms with Gasteiger partial charge in [0.2, 0.25) is 5.91 Å². The van der Waals surface area contributed by atoms with E-state index in [-0.39, 0.29) is 22.6 Å². The molecule has 2 N–H and O–H groups in total. The zero-order valence-electron chi connectivity index (χ0n) is 18.4. The van der Waals surface area contributed by atoms with Gasteiger partial charge in [-0.2, -0.15) is 0 Å². The molecule has 0 radical (unpaired) electrons. The number of hydrogen-bond acceptors (Lipinski definition) is 4. The first-order valence-electron chi connectivity index (χ1n) is 11.0. The number of likely N-dealkylation sites (tertiary alicyclic amines) is 1. The molecule has 8 heteroatoms. The topological polar surface area (TPSA) is 95.6 Å². The first-order valence-corrected chi connectivity index (χ1v) is 12.5. The average Bonchev–Trinajstić information content (AvgIpc) is 3.57. The predicted octanol–water partition coefficient (Wildman–Crippen LogP) is 3.24. The van der Waals surface area contributed by atoms with E-state index in [1.165, 1.54) is 0 Å². The summed E-state index contributed by atoms with van der Waals surface area (Å²) in [4.78, 5) is 27.4. The second-order valence-electron chi connectivity index (χ2n) is 8.83. The van der Waals surface area contributed by atoms with Gasteiger partial charge in [-0.1, -0.05) is 23.8 Å². The van der Waals surface area contributed by atoms with Gasteiger partial charge in [0.05, 0.1) is 10.8 Å². The Kier molecular flexibility index (Phi) is 6.24. The molecule has 2 aromatic carbocycles. The molecule has 0 spiro atoms. The molecule has 1 unspecified atom stereocenters. The van der Waals surface area contributed by atoms with Crippen molar-refractivity contribution >= 4 is 27.5 Å². The summed E-state index contributed by atoms with van der Waals surface area (Å²) < 4.78 is 28.3. The number of carbonyl (C=O) groups is 2. The molecular weight excluding hydrogens is 426 g/mol. The van der Waals surface area contributed by atoms with Crippen LogP contribution in [0.3, 0.4) is 0 Å². The number of nitrogens with one attached hydrogen (secondary N) is 2. The minimum Gasteiger partial charge on any atom is -0.353 e. The maximum absolute atomic E-state index is 13.1. The number of sulfonamides is 1. The third-order valence-corrected chi connectivity index (χ3v) is 7.53. The molecule has 0 aromatic heterocycles. The highest BCUT2D eigenvalue weighted by atomic mass is 32.2. The molecule has 2 fully saturated rings. The molecule has 1 saturated heterocycles. The highest BCUT2D eigenvalue weighted by Gasteiger charge is 2.32. The van der Waals surface area contributed by atoms with Crippen LogP contribution in [0, 0.1) is 19.8 Å². The van der Waals surface area contributed by atoms with Crippen molar-refractivity contribution in [1.82, 2.24) is 10.2 Å². The van der Waals surface area contributed by atoms with Gasteiger partial charge in [-0.15, -0.1) is 0 Å². The van der Waals surface area contributed by atoms with Gasteiger partial charge >= 0.3 is 0 Å². The summed E-state index contributed by atoms with van der Waals surface area (Å²) in [6.45, 7) is 4.64. The maximum atomic E-state index is 13.1. The van der Waals surface area contributed by atoms with Gasteiger partial charge in [-0.05, 0) is 69.4 Å². The number of aryl methyl sites for hydroxylation is 2.